The maximum absolute atomic E-state index is 4.26. The smallest absolute Gasteiger partial charge is 0.191 e. The van der Waals surface area contributed by atoms with Crippen molar-refractivity contribution in [2.24, 2.45) is 4.99 Å². The van der Waals surface area contributed by atoms with E-state index in [4.69, 9.17) is 0 Å². The minimum Gasteiger partial charge on any atom is -0.356 e. The highest BCUT2D eigenvalue weighted by atomic mass is 127. The van der Waals surface area contributed by atoms with Crippen LogP contribution in [0.2, 0.25) is 0 Å². The first-order chi connectivity index (χ1) is 10.3. The average Bonchev–Trinajstić information content (AvgIpc) is 2.54. The van der Waals surface area contributed by atoms with Crippen molar-refractivity contribution in [1.29, 1.82) is 0 Å². The normalized spacial score (nSPS) is 11.2. The van der Waals surface area contributed by atoms with Crippen LogP contribution < -0.4 is 10.6 Å². The Balaban J connectivity index is 0.00000441. The molecule has 1 rings (SSSR count). The molecule has 0 fully saturated rings. The van der Waals surface area contributed by atoms with Gasteiger partial charge in [-0.3, -0.25) is 4.99 Å². The second kappa shape index (κ2) is 13.8. The molecule has 0 aromatic heterocycles. The van der Waals surface area contributed by atoms with Gasteiger partial charge in [-0.2, -0.15) is 0 Å². The molecule has 0 saturated heterocycles. The molecule has 0 aliphatic rings. The van der Waals surface area contributed by atoms with E-state index in [1.165, 1.54) is 5.56 Å². The van der Waals surface area contributed by atoms with E-state index in [9.17, 15) is 0 Å². The second-order valence-corrected chi connectivity index (χ2v) is 5.04. The number of hydrogen-bond acceptors (Lipinski definition) is 2. The third kappa shape index (κ3) is 9.25. The zero-order valence-electron chi connectivity index (χ0n) is 14.1. The predicted octanol–water partition coefficient (Wildman–Crippen LogP) is 2.74. The minimum atomic E-state index is 0. The lowest BCUT2D eigenvalue weighted by atomic mass is 10.1. The average molecular weight is 418 g/mol. The van der Waals surface area contributed by atoms with E-state index in [1.54, 1.807) is 0 Å². The number of likely N-dealkylation sites (N-methyl/N-ethyl adjacent to an activating group) is 1. The fourth-order valence-corrected chi connectivity index (χ4v) is 2.24. The van der Waals surface area contributed by atoms with Crippen molar-refractivity contribution in [2.45, 2.75) is 26.7 Å². The lowest BCUT2D eigenvalue weighted by Gasteiger charge is -2.19. The highest BCUT2D eigenvalue weighted by molar-refractivity contribution is 14.0. The van der Waals surface area contributed by atoms with Gasteiger partial charge in [0.25, 0.3) is 0 Å². The molecule has 0 radical (unpaired) electrons. The highest BCUT2D eigenvalue weighted by Crippen LogP contribution is 2.01. The molecule has 0 spiro atoms. The zero-order valence-corrected chi connectivity index (χ0v) is 16.5. The van der Waals surface area contributed by atoms with E-state index in [0.717, 1.165) is 51.5 Å². The van der Waals surface area contributed by atoms with Crippen LogP contribution >= 0.6 is 24.0 Å². The molecule has 1 aromatic carbocycles. The Morgan fingerprint density at radius 3 is 2.27 bits per heavy atom. The lowest BCUT2D eigenvalue weighted by Crippen LogP contribution is -2.41. The van der Waals surface area contributed by atoms with Gasteiger partial charge in [-0.05, 0) is 31.5 Å². The first-order valence-electron chi connectivity index (χ1n) is 8.01. The Labute approximate surface area is 152 Å². The largest absolute Gasteiger partial charge is 0.356 e. The van der Waals surface area contributed by atoms with Crippen LogP contribution in [-0.2, 0) is 6.42 Å². The van der Waals surface area contributed by atoms with Gasteiger partial charge in [-0.25, -0.2) is 0 Å². The van der Waals surface area contributed by atoms with E-state index >= 15 is 0 Å². The van der Waals surface area contributed by atoms with Crippen LogP contribution in [-0.4, -0.2) is 50.6 Å². The first kappa shape index (κ1) is 21.2. The monoisotopic (exact) mass is 418 g/mol. The van der Waals surface area contributed by atoms with Crippen molar-refractivity contribution in [1.82, 2.24) is 15.5 Å². The van der Waals surface area contributed by atoms with Crippen molar-refractivity contribution in [2.75, 3.05) is 39.8 Å². The summed E-state index contributed by atoms with van der Waals surface area (Å²) in [5, 5.41) is 6.73. The van der Waals surface area contributed by atoms with Gasteiger partial charge in [0, 0.05) is 26.7 Å². The standard InChI is InChI=1S/C17H30N4.HI/c1-4-21(5-2)15-14-20-17(18-3)19-13-9-12-16-10-7-6-8-11-16;/h6-8,10-11H,4-5,9,12-15H2,1-3H3,(H2,18,19,20);1H. The van der Waals surface area contributed by atoms with Gasteiger partial charge in [0.2, 0.25) is 0 Å². The van der Waals surface area contributed by atoms with Gasteiger partial charge in [0.1, 0.15) is 0 Å². The van der Waals surface area contributed by atoms with Crippen LogP contribution in [0.3, 0.4) is 0 Å². The summed E-state index contributed by atoms with van der Waals surface area (Å²) in [7, 11) is 1.82. The molecule has 2 N–H and O–H groups in total. The van der Waals surface area contributed by atoms with Crippen LogP contribution in [0.5, 0.6) is 0 Å². The summed E-state index contributed by atoms with van der Waals surface area (Å²) in [6.07, 6.45) is 2.21. The van der Waals surface area contributed by atoms with Crippen molar-refractivity contribution < 1.29 is 0 Å². The Kier molecular flexibility index (Phi) is 13.3. The predicted molar refractivity (Wildman–Crippen MR) is 107 cm³/mol. The molecule has 0 atom stereocenters. The highest BCUT2D eigenvalue weighted by Gasteiger charge is 2.00. The van der Waals surface area contributed by atoms with Crippen molar-refractivity contribution in [3.8, 4) is 0 Å². The van der Waals surface area contributed by atoms with Crippen LogP contribution in [0.4, 0.5) is 0 Å². The SMILES string of the molecule is CCN(CC)CCNC(=NC)NCCCc1ccccc1.I. The Hall–Kier alpha value is -0.820. The summed E-state index contributed by atoms with van der Waals surface area (Å²) >= 11 is 0. The van der Waals surface area contributed by atoms with Crippen LogP contribution in [0, 0.1) is 0 Å². The molecule has 0 amide bonds. The summed E-state index contributed by atoms with van der Waals surface area (Å²) in [5.74, 6) is 0.898. The molecule has 4 nitrogen and oxygen atoms in total. The summed E-state index contributed by atoms with van der Waals surface area (Å²) in [5.41, 5.74) is 1.39. The summed E-state index contributed by atoms with van der Waals surface area (Å²) in [6, 6.07) is 10.6. The van der Waals surface area contributed by atoms with E-state index in [1.807, 2.05) is 7.05 Å². The molecule has 0 bridgehead atoms. The molecular formula is C17H31IN4. The molecule has 5 heteroatoms. The quantitative estimate of drug-likeness (QED) is 0.281. The number of guanidine groups is 1. The summed E-state index contributed by atoms with van der Waals surface area (Å²) in [6.45, 7) is 9.51. The lowest BCUT2D eigenvalue weighted by molar-refractivity contribution is 0.308. The fourth-order valence-electron chi connectivity index (χ4n) is 2.24. The molecule has 126 valence electrons. The first-order valence-corrected chi connectivity index (χ1v) is 8.01. The molecular weight excluding hydrogens is 387 g/mol. The van der Waals surface area contributed by atoms with E-state index in [-0.39, 0.29) is 24.0 Å². The maximum Gasteiger partial charge on any atom is 0.191 e. The van der Waals surface area contributed by atoms with Gasteiger partial charge < -0.3 is 15.5 Å². The third-order valence-corrected chi connectivity index (χ3v) is 3.62. The van der Waals surface area contributed by atoms with Gasteiger partial charge >= 0.3 is 0 Å². The third-order valence-electron chi connectivity index (χ3n) is 3.62. The van der Waals surface area contributed by atoms with Gasteiger partial charge in [-0.1, -0.05) is 44.2 Å². The number of aryl methyl sites for hydroxylation is 1. The zero-order chi connectivity index (χ0) is 15.3. The fraction of sp³-hybridized carbons (Fsp3) is 0.588. The molecule has 0 aliphatic heterocycles. The maximum atomic E-state index is 4.26. The van der Waals surface area contributed by atoms with E-state index < -0.39 is 0 Å². The van der Waals surface area contributed by atoms with Gasteiger partial charge in [0.05, 0.1) is 0 Å². The Morgan fingerprint density at radius 1 is 1.05 bits per heavy atom. The van der Waals surface area contributed by atoms with Crippen molar-refractivity contribution in [3.05, 3.63) is 35.9 Å². The molecule has 22 heavy (non-hydrogen) atoms. The molecule has 0 aliphatic carbocycles. The van der Waals surface area contributed by atoms with Gasteiger partial charge in [-0.15, -0.1) is 24.0 Å². The minimum absolute atomic E-state index is 0. The van der Waals surface area contributed by atoms with Gasteiger partial charge in [0.15, 0.2) is 5.96 Å². The number of rotatable bonds is 9. The number of nitrogens with zero attached hydrogens (tertiary/aromatic N) is 2. The van der Waals surface area contributed by atoms with Crippen molar-refractivity contribution >= 4 is 29.9 Å². The van der Waals surface area contributed by atoms with Crippen molar-refractivity contribution in [3.63, 3.8) is 0 Å². The second-order valence-electron chi connectivity index (χ2n) is 5.04. The summed E-state index contributed by atoms with van der Waals surface area (Å²) < 4.78 is 0. The number of hydrogen-bond donors (Lipinski definition) is 2. The van der Waals surface area contributed by atoms with E-state index in [0.29, 0.717) is 0 Å². The number of aliphatic imine (C=N–C) groups is 1. The Bertz CT molecular complexity index is 391. The molecule has 0 unspecified atom stereocenters. The van der Waals surface area contributed by atoms with Crippen LogP contribution in [0.15, 0.2) is 35.3 Å². The van der Waals surface area contributed by atoms with Crippen LogP contribution in [0.1, 0.15) is 25.8 Å². The molecule has 1 aromatic rings. The molecule has 0 heterocycles. The number of benzene rings is 1. The topological polar surface area (TPSA) is 39.7 Å². The Morgan fingerprint density at radius 2 is 1.68 bits per heavy atom. The number of halogens is 1. The summed E-state index contributed by atoms with van der Waals surface area (Å²) in [4.78, 5) is 6.66. The van der Waals surface area contributed by atoms with Crippen LogP contribution in [0.25, 0.3) is 0 Å². The molecule has 0 saturated carbocycles. The van der Waals surface area contributed by atoms with E-state index in [2.05, 4.69) is 64.7 Å². The number of nitrogens with one attached hydrogen (secondary N) is 2.